The Labute approximate surface area is 140 Å². The molecule has 0 bridgehead atoms. The Morgan fingerprint density at radius 2 is 1.82 bits per heavy atom. The Morgan fingerprint density at radius 3 is 2.36 bits per heavy atom. The van der Waals surface area contributed by atoms with E-state index in [1.807, 2.05) is 13.8 Å². The minimum Gasteiger partial charge on any atom is -0.276 e. The molecule has 1 aromatic heterocycles. The van der Waals surface area contributed by atoms with Gasteiger partial charge in [-0.15, -0.1) is 0 Å². The maximum atomic E-state index is 12.6. The Kier molecular flexibility index (Phi) is 4.75. The molecule has 0 unspecified atom stereocenters. The minimum atomic E-state index is -3.82. The first kappa shape index (κ1) is 17.1. The third-order valence-corrected chi connectivity index (χ3v) is 5.64. The molecule has 0 saturated carbocycles. The first-order valence-corrected chi connectivity index (χ1v) is 8.93. The van der Waals surface area contributed by atoms with Crippen LogP contribution in [0.25, 0.3) is 0 Å². The number of anilines is 1. The molecule has 0 aliphatic heterocycles. The molecule has 0 amide bonds. The number of halogens is 2. The number of nitrogens with zero attached hydrogens (tertiary/aromatic N) is 2. The van der Waals surface area contributed by atoms with Crippen molar-refractivity contribution in [3.63, 3.8) is 0 Å². The van der Waals surface area contributed by atoms with Crippen LogP contribution in [0.1, 0.15) is 23.9 Å². The van der Waals surface area contributed by atoms with Crippen molar-refractivity contribution in [1.82, 2.24) is 9.78 Å². The van der Waals surface area contributed by atoms with Crippen LogP contribution in [0.4, 0.5) is 5.69 Å². The summed E-state index contributed by atoms with van der Waals surface area (Å²) in [7, 11) is -3.82. The second-order valence-electron chi connectivity index (χ2n) is 5.00. The van der Waals surface area contributed by atoms with Gasteiger partial charge in [-0.3, -0.25) is 9.40 Å². The van der Waals surface area contributed by atoms with Crippen LogP contribution in [0.2, 0.25) is 10.0 Å². The summed E-state index contributed by atoms with van der Waals surface area (Å²) in [6.07, 6.45) is 0. The third kappa shape index (κ3) is 3.09. The fourth-order valence-electron chi connectivity index (χ4n) is 2.18. The molecule has 2 rings (SSSR count). The molecule has 0 aliphatic carbocycles. The van der Waals surface area contributed by atoms with Crippen LogP contribution in [0.5, 0.6) is 0 Å². The van der Waals surface area contributed by atoms with Gasteiger partial charge in [-0.25, -0.2) is 8.42 Å². The fourth-order valence-corrected chi connectivity index (χ4v) is 4.19. The van der Waals surface area contributed by atoms with Gasteiger partial charge in [0, 0.05) is 11.6 Å². The van der Waals surface area contributed by atoms with E-state index in [4.69, 9.17) is 23.2 Å². The molecule has 1 aromatic carbocycles. The molecule has 0 saturated heterocycles. The smallest absolute Gasteiger partial charge is 0.263 e. The summed E-state index contributed by atoms with van der Waals surface area (Å²) >= 11 is 12.0. The van der Waals surface area contributed by atoms with Crippen molar-refractivity contribution in [2.24, 2.45) is 0 Å². The zero-order valence-corrected chi connectivity index (χ0v) is 15.1. The molecular formula is C14H17Cl2N3O2S. The molecule has 120 valence electrons. The number of rotatable bonds is 4. The summed E-state index contributed by atoms with van der Waals surface area (Å²) in [6.45, 7) is 7.90. The number of hydrogen-bond donors (Lipinski definition) is 1. The van der Waals surface area contributed by atoms with Crippen molar-refractivity contribution >= 4 is 38.9 Å². The largest absolute Gasteiger partial charge is 0.276 e. The van der Waals surface area contributed by atoms with E-state index < -0.39 is 10.0 Å². The first-order chi connectivity index (χ1) is 10.2. The van der Waals surface area contributed by atoms with Crippen LogP contribution in [-0.4, -0.2) is 18.2 Å². The summed E-state index contributed by atoms with van der Waals surface area (Å²) < 4.78 is 29.5. The van der Waals surface area contributed by atoms with Gasteiger partial charge in [0.25, 0.3) is 10.0 Å². The van der Waals surface area contributed by atoms with Crippen molar-refractivity contribution in [1.29, 1.82) is 0 Å². The lowest BCUT2D eigenvalue weighted by Gasteiger charge is -2.11. The van der Waals surface area contributed by atoms with Crippen LogP contribution in [0.15, 0.2) is 17.0 Å². The molecule has 0 spiro atoms. The maximum absolute atomic E-state index is 12.6. The van der Waals surface area contributed by atoms with Gasteiger partial charge in [0.2, 0.25) is 0 Å². The number of aromatic nitrogens is 2. The highest BCUT2D eigenvalue weighted by Crippen LogP contribution is 2.30. The molecule has 1 heterocycles. The predicted molar refractivity (Wildman–Crippen MR) is 89.4 cm³/mol. The summed E-state index contributed by atoms with van der Waals surface area (Å²) in [4.78, 5) is -0.000819. The van der Waals surface area contributed by atoms with Crippen LogP contribution in [0.3, 0.4) is 0 Å². The number of hydrogen-bond acceptors (Lipinski definition) is 3. The van der Waals surface area contributed by atoms with E-state index in [2.05, 4.69) is 9.82 Å². The van der Waals surface area contributed by atoms with Gasteiger partial charge in [0.05, 0.1) is 22.1 Å². The average Bonchev–Trinajstić information content (AvgIpc) is 2.69. The van der Waals surface area contributed by atoms with E-state index in [0.717, 1.165) is 5.69 Å². The Bertz CT molecular complexity index is 829. The molecule has 5 nitrogen and oxygen atoms in total. The monoisotopic (exact) mass is 361 g/mol. The third-order valence-electron chi connectivity index (χ3n) is 3.42. The van der Waals surface area contributed by atoms with E-state index in [-0.39, 0.29) is 9.92 Å². The van der Waals surface area contributed by atoms with Gasteiger partial charge < -0.3 is 0 Å². The number of nitrogens with one attached hydrogen (secondary N) is 1. The molecular weight excluding hydrogens is 345 g/mol. The number of benzene rings is 1. The fraction of sp³-hybridized carbons (Fsp3) is 0.357. The lowest BCUT2D eigenvalue weighted by Crippen LogP contribution is -2.15. The molecule has 1 N–H and O–H groups in total. The highest BCUT2D eigenvalue weighted by Gasteiger charge is 2.23. The first-order valence-electron chi connectivity index (χ1n) is 6.69. The molecule has 22 heavy (non-hydrogen) atoms. The van der Waals surface area contributed by atoms with Gasteiger partial charge in [-0.2, -0.15) is 5.10 Å². The highest BCUT2D eigenvalue weighted by atomic mass is 35.5. The topological polar surface area (TPSA) is 64.0 Å². The molecule has 0 radical (unpaired) electrons. The molecule has 0 fully saturated rings. The second kappa shape index (κ2) is 6.10. The summed E-state index contributed by atoms with van der Waals surface area (Å²) in [5.41, 5.74) is 2.49. The van der Waals surface area contributed by atoms with Crippen molar-refractivity contribution < 1.29 is 8.42 Å². The van der Waals surface area contributed by atoms with E-state index in [1.54, 1.807) is 18.5 Å². The Morgan fingerprint density at radius 1 is 1.18 bits per heavy atom. The van der Waals surface area contributed by atoms with E-state index in [9.17, 15) is 8.42 Å². The van der Waals surface area contributed by atoms with Crippen molar-refractivity contribution in [3.8, 4) is 0 Å². The van der Waals surface area contributed by atoms with Gasteiger partial charge in [-0.1, -0.05) is 23.2 Å². The summed E-state index contributed by atoms with van der Waals surface area (Å²) in [5.74, 6) is 0. The van der Waals surface area contributed by atoms with Gasteiger partial charge in [-0.05, 0) is 45.4 Å². The van der Waals surface area contributed by atoms with Crippen LogP contribution < -0.4 is 4.72 Å². The van der Waals surface area contributed by atoms with Crippen LogP contribution >= 0.6 is 23.2 Å². The Hall–Kier alpha value is -1.24. The quantitative estimate of drug-likeness (QED) is 0.896. The minimum absolute atomic E-state index is 0.000819. The zero-order valence-electron chi connectivity index (χ0n) is 12.7. The number of aryl methyl sites for hydroxylation is 3. The summed E-state index contributed by atoms with van der Waals surface area (Å²) in [6, 6.07) is 2.89. The predicted octanol–water partition coefficient (Wildman–Crippen LogP) is 3.94. The maximum Gasteiger partial charge on any atom is 0.263 e. The molecule has 0 aliphatic rings. The SMILES string of the molecule is CCn1nc(C)c(NS(=O)(=O)c2cc(C)c(Cl)cc2Cl)c1C. The molecule has 8 heteroatoms. The zero-order chi connectivity index (χ0) is 16.7. The standard InChI is InChI=1S/C14H17Cl2N3O2S/c1-5-19-10(4)14(9(3)17-19)18-22(20,21)13-6-8(2)11(15)7-12(13)16/h6-7,18H,5H2,1-4H3. The highest BCUT2D eigenvalue weighted by molar-refractivity contribution is 7.92. The lowest BCUT2D eigenvalue weighted by molar-refractivity contribution is 0.601. The van der Waals surface area contributed by atoms with Crippen molar-refractivity contribution in [2.45, 2.75) is 39.1 Å². The average molecular weight is 362 g/mol. The second-order valence-corrected chi connectivity index (χ2v) is 7.46. The van der Waals surface area contributed by atoms with Crippen molar-refractivity contribution in [2.75, 3.05) is 4.72 Å². The van der Waals surface area contributed by atoms with Crippen LogP contribution in [0, 0.1) is 20.8 Å². The molecule has 0 atom stereocenters. The van der Waals surface area contributed by atoms with Crippen LogP contribution in [-0.2, 0) is 16.6 Å². The normalized spacial score (nSPS) is 11.7. The summed E-state index contributed by atoms with van der Waals surface area (Å²) in [5, 5.41) is 4.81. The van der Waals surface area contributed by atoms with E-state index >= 15 is 0 Å². The van der Waals surface area contributed by atoms with Gasteiger partial charge in [0.15, 0.2) is 0 Å². The van der Waals surface area contributed by atoms with E-state index in [0.29, 0.717) is 28.5 Å². The van der Waals surface area contributed by atoms with Gasteiger partial charge in [0.1, 0.15) is 4.90 Å². The van der Waals surface area contributed by atoms with E-state index in [1.165, 1.54) is 12.1 Å². The lowest BCUT2D eigenvalue weighted by atomic mass is 10.2. The molecule has 2 aromatic rings. The number of sulfonamides is 1. The Balaban J connectivity index is 2.49. The van der Waals surface area contributed by atoms with Crippen molar-refractivity contribution in [3.05, 3.63) is 39.1 Å². The van der Waals surface area contributed by atoms with Gasteiger partial charge >= 0.3 is 0 Å².